The predicted octanol–water partition coefficient (Wildman–Crippen LogP) is 1.33. The molecule has 1 heterocycles. The van der Waals surface area contributed by atoms with E-state index < -0.39 is 0 Å². The lowest BCUT2D eigenvalue weighted by atomic mass is 10.1. The third-order valence-corrected chi connectivity index (χ3v) is 2.36. The summed E-state index contributed by atoms with van der Waals surface area (Å²) < 4.78 is 0. The average molecular weight is 263 g/mol. The van der Waals surface area contributed by atoms with Crippen LogP contribution in [0.4, 0.5) is 4.79 Å². The van der Waals surface area contributed by atoms with Crippen LogP contribution in [-0.2, 0) is 6.42 Å². The summed E-state index contributed by atoms with van der Waals surface area (Å²) in [6.45, 7) is 5.99. The first-order chi connectivity index (χ1) is 8.79. The van der Waals surface area contributed by atoms with Gasteiger partial charge in [0.05, 0.1) is 0 Å². The molecule has 0 aliphatic rings. The predicted molar refractivity (Wildman–Crippen MR) is 74.8 cm³/mol. The first-order valence-corrected chi connectivity index (χ1v) is 6.12. The highest BCUT2D eigenvalue weighted by Gasteiger charge is 2.21. The van der Waals surface area contributed by atoms with E-state index in [1.165, 1.54) is 4.90 Å². The molecule has 0 spiro atoms. The molecule has 0 aromatic carbocycles. The lowest BCUT2D eigenvalue weighted by Crippen LogP contribution is -2.52. The number of rotatable bonds is 3. The van der Waals surface area contributed by atoms with Gasteiger partial charge in [0, 0.05) is 24.5 Å². The minimum atomic E-state index is -0.362. The van der Waals surface area contributed by atoms with E-state index in [4.69, 9.17) is 11.1 Å². The van der Waals surface area contributed by atoms with Gasteiger partial charge in [-0.2, -0.15) is 0 Å². The SMILES string of the molecule is CC(C)(C)NC(=O)N(CCc1cccnc1)C(=N)N. The van der Waals surface area contributed by atoms with Gasteiger partial charge in [0.2, 0.25) is 0 Å². The molecule has 19 heavy (non-hydrogen) atoms. The van der Waals surface area contributed by atoms with Gasteiger partial charge in [0.15, 0.2) is 5.96 Å². The van der Waals surface area contributed by atoms with Crippen molar-refractivity contribution in [2.45, 2.75) is 32.7 Å². The van der Waals surface area contributed by atoms with Crippen LogP contribution in [0.2, 0.25) is 0 Å². The molecule has 0 saturated carbocycles. The molecule has 0 saturated heterocycles. The van der Waals surface area contributed by atoms with Gasteiger partial charge < -0.3 is 11.1 Å². The number of urea groups is 1. The molecular formula is C13H21N5O. The molecule has 0 unspecified atom stereocenters. The molecule has 0 atom stereocenters. The number of amides is 2. The van der Waals surface area contributed by atoms with Crippen molar-refractivity contribution < 1.29 is 4.79 Å². The second-order valence-corrected chi connectivity index (χ2v) is 5.33. The number of carbonyl (C=O) groups is 1. The molecule has 2 amide bonds. The van der Waals surface area contributed by atoms with Crippen molar-refractivity contribution in [1.82, 2.24) is 15.2 Å². The highest BCUT2D eigenvalue weighted by Crippen LogP contribution is 2.03. The number of pyridine rings is 1. The Balaban J connectivity index is 2.64. The molecule has 0 bridgehead atoms. The Morgan fingerprint density at radius 2 is 2.21 bits per heavy atom. The van der Waals surface area contributed by atoms with Gasteiger partial charge >= 0.3 is 6.03 Å². The van der Waals surface area contributed by atoms with E-state index in [2.05, 4.69) is 10.3 Å². The number of guanidine groups is 1. The fourth-order valence-corrected chi connectivity index (χ4v) is 1.51. The van der Waals surface area contributed by atoms with E-state index in [9.17, 15) is 4.79 Å². The fraction of sp³-hybridized carbons (Fsp3) is 0.462. The summed E-state index contributed by atoms with van der Waals surface area (Å²) in [6.07, 6.45) is 4.03. The lowest BCUT2D eigenvalue weighted by molar-refractivity contribution is 0.211. The van der Waals surface area contributed by atoms with E-state index in [0.29, 0.717) is 13.0 Å². The highest BCUT2D eigenvalue weighted by molar-refractivity contribution is 5.94. The summed E-state index contributed by atoms with van der Waals surface area (Å²) in [4.78, 5) is 17.2. The third-order valence-electron chi connectivity index (χ3n) is 2.36. The van der Waals surface area contributed by atoms with Gasteiger partial charge in [0.25, 0.3) is 0 Å². The largest absolute Gasteiger partial charge is 0.370 e. The third kappa shape index (κ3) is 5.37. The summed E-state index contributed by atoms with van der Waals surface area (Å²) in [6, 6.07) is 3.40. The van der Waals surface area contributed by atoms with Crippen LogP contribution in [0.15, 0.2) is 24.5 Å². The maximum atomic E-state index is 12.0. The van der Waals surface area contributed by atoms with Gasteiger partial charge in [0.1, 0.15) is 0 Å². The van der Waals surface area contributed by atoms with E-state index in [1.807, 2.05) is 32.9 Å². The maximum Gasteiger partial charge on any atom is 0.324 e. The van der Waals surface area contributed by atoms with Crippen LogP contribution in [0, 0.1) is 5.41 Å². The van der Waals surface area contributed by atoms with Crippen molar-refractivity contribution in [3.8, 4) is 0 Å². The molecule has 0 aliphatic carbocycles. The van der Waals surface area contributed by atoms with Crippen molar-refractivity contribution in [2.24, 2.45) is 5.73 Å². The molecular weight excluding hydrogens is 242 g/mol. The molecule has 0 fully saturated rings. The highest BCUT2D eigenvalue weighted by atomic mass is 16.2. The number of nitrogens with zero attached hydrogens (tertiary/aromatic N) is 2. The molecule has 104 valence electrons. The summed E-state index contributed by atoms with van der Waals surface area (Å²) in [5, 5.41) is 10.3. The Labute approximate surface area is 113 Å². The summed E-state index contributed by atoms with van der Waals surface area (Å²) in [7, 11) is 0. The summed E-state index contributed by atoms with van der Waals surface area (Å²) in [5.41, 5.74) is 6.09. The van der Waals surface area contributed by atoms with Crippen LogP contribution in [0.5, 0.6) is 0 Å². The second-order valence-electron chi connectivity index (χ2n) is 5.33. The monoisotopic (exact) mass is 263 g/mol. The zero-order chi connectivity index (χ0) is 14.5. The first kappa shape index (κ1) is 14.9. The van der Waals surface area contributed by atoms with Crippen LogP contribution in [-0.4, -0.2) is 34.0 Å². The molecule has 1 aromatic heterocycles. The number of hydrogen-bond donors (Lipinski definition) is 3. The topological polar surface area (TPSA) is 95.1 Å². The Morgan fingerprint density at radius 1 is 1.53 bits per heavy atom. The molecule has 4 N–H and O–H groups in total. The average Bonchev–Trinajstić information content (AvgIpc) is 2.27. The quantitative estimate of drug-likeness (QED) is 0.567. The number of nitrogens with two attached hydrogens (primary N) is 1. The van der Waals surface area contributed by atoms with Crippen molar-refractivity contribution in [3.63, 3.8) is 0 Å². The number of nitrogens with one attached hydrogen (secondary N) is 2. The normalized spacial score (nSPS) is 10.9. The van der Waals surface area contributed by atoms with Crippen molar-refractivity contribution in [1.29, 1.82) is 5.41 Å². The van der Waals surface area contributed by atoms with Crippen molar-refractivity contribution in [3.05, 3.63) is 30.1 Å². The fourth-order valence-electron chi connectivity index (χ4n) is 1.51. The standard InChI is InChI=1S/C13H21N5O/c1-13(2,3)17-12(19)18(11(14)15)8-6-10-5-4-7-16-9-10/h4-5,7,9H,6,8H2,1-3H3,(H3,14,15)(H,17,19). The van der Waals surface area contributed by atoms with E-state index in [-0.39, 0.29) is 17.5 Å². The van der Waals surface area contributed by atoms with E-state index in [1.54, 1.807) is 12.4 Å². The van der Waals surface area contributed by atoms with Gasteiger partial charge in [-0.1, -0.05) is 6.07 Å². The summed E-state index contributed by atoms with van der Waals surface area (Å²) >= 11 is 0. The van der Waals surface area contributed by atoms with Crippen molar-refractivity contribution in [2.75, 3.05) is 6.54 Å². The van der Waals surface area contributed by atoms with E-state index in [0.717, 1.165) is 5.56 Å². The Hall–Kier alpha value is -2.11. The number of aromatic nitrogens is 1. The number of hydrogen-bond acceptors (Lipinski definition) is 3. The maximum absolute atomic E-state index is 12.0. The smallest absolute Gasteiger partial charge is 0.324 e. The van der Waals surface area contributed by atoms with Crippen LogP contribution in [0.1, 0.15) is 26.3 Å². The van der Waals surface area contributed by atoms with Crippen LogP contribution in [0.25, 0.3) is 0 Å². The Morgan fingerprint density at radius 3 is 2.68 bits per heavy atom. The van der Waals surface area contributed by atoms with Gasteiger partial charge in [-0.15, -0.1) is 0 Å². The van der Waals surface area contributed by atoms with Gasteiger partial charge in [-0.05, 0) is 38.8 Å². The Bertz CT molecular complexity index is 438. The Kier molecular flexibility index (Phi) is 4.86. The molecule has 0 aliphatic heterocycles. The van der Waals surface area contributed by atoms with Gasteiger partial charge in [-0.3, -0.25) is 15.3 Å². The molecule has 6 nitrogen and oxygen atoms in total. The lowest BCUT2D eigenvalue weighted by Gasteiger charge is -2.27. The van der Waals surface area contributed by atoms with Crippen LogP contribution in [0.3, 0.4) is 0 Å². The van der Waals surface area contributed by atoms with Gasteiger partial charge in [-0.25, -0.2) is 4.79 Å². The summed E-state index contributed by atoms with van der Waals surface area (Å²) in [5.74, 6) is -0.259. The zero-order valence-electron chi connectivity index (χ0n) is 11.6. The number of carbonyl (C=O) groups excluding carboxylic acids is 1. The molecule has 1 rings (SSSR count). The minimum Gasteiger partial charge on any atom is -0.370 e. The first-order valence-electron chi connectivity index (χ1n) is 6.12. The van der Waals surface area contributed by atoms with Crippen molar-refractivity contribution >= 4 is 12.0 Å². The molecule has 1 aromatic rings. The zero-order valence-corrected chi connectivity index (χ0v) is 11.6. The molecule has 0 radical (unpaired) electrons. The van der Waals surface area contributed by atoms with Crippen LogP contribution >= 0.6 is 0 Å². The second kappa shape index (κ2) is 6.17. The van der Waals surface area contributed by atoms with Crippen LogP contribution < -0.4 is 11.1 Å². The minimum absolute atomic E-state index is 0.259. The van der Waals surface area contributed by atoms with E-state index >= 15 is 0 Å². The molecule has 6 heteroatoms.